The molecule has 0 saturated carbocycles. The van der Waals surface area contributed by atoms with E-state index < -0.39 is 0 Å². The number of hydrogen-bond donors (Lipinski definition) is 0. The van der Waals surface area contributed by atoms with Gasteiger partial charge in [-0.15, -0.1) is 0 Å². The molecule has 0 fully saturated rings. The standard InChI is InChI=1S/C23H22N/c1-15-12-16(2)23(17(3)13-15)19-9-7-11-22-20(19)14-18-8-5-6-10-21(18)24(22)4/h5-14H,1-4H3/q+1. The van der Waals surface area contributed by atoms with E-state index in [0.717, 1.165) is 0 Å². The van der Waals surface area contributed by atoms with E-state index in [9.17, 15) is 0 Å². The fourth-order valence-electron chi connectivity index (χ4n) is 4.02. The highest BCUT2D eigenvalue weighted by molar-refractivity contribution is 5.99. The summed E-state index contributed by atoms with van der Waals surface area (Å²) in [5.41, 5.74) is 9.23. The van der Waals surface area contributed by atoms with Crippen molar-refractivity contribution in [3.8, 4) is 11.1 Å². The molecule has 1 aromatic heterocycles. The molecular weight excluding hydrogens is 290 g/mol. The Labute approximate surface area is 143 Å². The Bertz CT molecular complexity index is 1070. The molecule has 0 aliphatic rings. The van der Waals surface area contributed by atoms with Crippen LogP contribution < -0.4 is 4.57 Å². The molecule has 0 atom stereocenters. The third-order valence-electron chi connectivity index (χ3n) is 4.99. The maximum absolute atomic E-state index is 2.33. The van der Waals surface area contributed by atoms with Crippen LogP contribution in [0.2, 0.25) is 0 Å². The van der Waals surface area contributed by atoms with E-state index >= 15 is 0 Å². The van der Waals surface area contributed by atoms with Crippen molar-refractivity contribution in [2.75, 3.05) is 0 Å². The summed E-state index contributed by atoms with van der Waals surface area (Å²) in [5, 5.41) is 2.59. The van der Waals surface area contributed by atoms with Gasteiger partial charge in [-0.25, -0.2) is 0 Å². The molecule has 1 heterocycles. The first-order valence-electron chi connectivity index (χ1n) is 8.45. The number of benzene rings is 3. The lowest BCUT2D eigenvalue weighted by atomic mass is 9.91. The van der Waals surface area contributed by atoms with Crippen LogP contribution in [0.4, 0.5) is 0 Å². The predicted molar refractivity (Wildman–Crippen MR) is 102 cm³/mol. The van der Waals surface area contributed by atoms with Crippen molar-refractivity contribution in [2.24, 2.45) is 7.05 Å². The molecule has 0 spiro atoms. The zero-order chi connectivity index (χ0) is 16.8. The summed E-state index contributed by atoms with van der Waals surface area (Å²) in [6.07, 6.45) is 0. The molecule has 0 amide bonds. The van der Waals surface area contributed by atoms with Gasteiger partial charge in [-0.3, -0.25) is 0 Å². The second-order valence-corrected chi connectivity index (χ2v) is 6.77. The van der Waals surface area contributed by atoms with Crippen molar-refractivity contribution in [3.05, 3.63) is 77.4 Å². The minimum absolute atomic E-state index is 1.26. The minimum Gasteiger partial charge on any atom is -0.194 e. The first-order chi connectivity index (χ1) is 11.6. The molecule has 4 rings (SSSR count). The molecule has 1 heteroatoms. The molecule has 3 aromatic carbocycles. The second kappa shape index (κ2) is 5.45. The smallest absolute Gasteiger partial charge is 0.194 e. The summed E-state index contributed by atoms with van der Waals surface area (Å²) in [7, 11) is 2.16. The van der Waals surface area contributed by atoms with Crippen molar-refractivity contribution in [1.82, 2.24) is 0 Å². The van der Waals surface area contributed by atoms with Gasteiger partial charge < -0.3 is 0 Å². The fraction of sp³-hybridized carbons (Fsp3) is 0.174. The number of para-hydroxylation sites is 1. The zero-order valence-corrected chi connectivity index (χ0v) is 14.7. The summed E-state index contributed by atoms with van der Waals surface area (Å²) >= 11 is 0. The largest absolute Gasteiger partial charge is 0.213 e. The average Bonchev–Trinajstić information content (AvgIpc) is 2.55. The van der Waals surface area contributed by atoms with Gasteiger partial charge in [0.15, 0.2) is 0 Å². The molecule has 0 unspecified atom stereocenters. The third kappa shape index (κ3) is 2.20. The van der Waals surface area contributed by atoms with Crippen LogP contribution in [-0.2, 0) is 7.05 Å². The van der Waals surface area contributed by atoms with Gasteiger partial charge in [0.2, 0.25) is 11.0 Å². The molecule has 0 N–H and O–H groups in total. The zero-order valence-electron chi connectivity index (χ0n) is 14.7. The quantitative estimate of drug-likeness (QED) is 0.327. The van der Waals surface area contributed by atoms with E-state index in [4.69, 9.17) is 0 Å². The van der Waals surface area contributed by atoms with Crippen molar-refractivity contribution in [1.29, 1.82) is 0 Å². The highest BCUT2D eigenvalue weighted by Crippen LogP contribution is 2.34. The number of aryl methyl sites for hydroxylation is 4. The lowest BCUT2D eigenvalue weighted by molar-refractivity contribution is -0.617. The summed E-state index contributed by atoms with van der Waals surface area (Å²) < 4.78 is 2.30. The third-order valence-corrected chi connectivity index (χ3v) is 4.99. The highest BCUT2D eigenvalue weighted by atomic mass is 14.9. The topological polar surface area (TPSA) is 3.88 Å². The predicted octanol–water partition coefficient (Wildman–Crippen LogP) is 5.41. The Hall–Kier alpha value is -2.67. The van der Waals surface area contributed by atoms with Gasteiger partial charge in [0.25, 0.3) is 0 Å². The van der Waals surface area contributed by atoms with E-state index in [1.165, 1.54) is 49.6 Å². The Kier molecular flexibility index (Phi) is 3.38. The van der Waals surface area contributed by atoms with Crippen LogP contribution in [0.1, 0.15) is 16.7 Å². The summed E-state index contributed by atoms with van der Waals surface area (Å²) in [4.78, 5) is 0. The number of nitrogens with zero attached hydrogens (tertiary/aromatic N) is 1. The van der Waals surface area contributed by atoms with Crippen molar-refractivity contribution in [3.63, 3.8) is 0 Å². The molecule has 0 saturated heterocycles. The maximum atomic E-state index is 2.33. The summed E-state index contributed by atoms with van der Waals surface area (Å²) in [5.74, 6) is 0. The van der Waals surface area contributed by atoms with Gasteiger partial charge >= 0.3 is 0 Å². The molecule has 118 valence electrons. The van der Waals surface area contributed by atoms with E-state index in [0.29, 0.717) is 0 Å². The Balaban J connectivity index is 2.15. The van der Waals surface area contributed by atoms with E-state index in [1.807, 2.05) is 0 Å². The van der Waals surface area contributed by atoms with Gasteiger partial charge in [-0.1, -0.05) is 42.0 Å². The van der Waals surface area contributed by atoms with Crippen LogP contribution in [0.3, 0.4) is 0 Å². The van der Waals surface area contributed by atoms with Crippen LogP contribution in [-0.4, -0.2) is 0 Å². The van der Waals surface area contributed by atoms with E-state index in [-0.39, 0.29) is 0 Å². The van der Waals surface area contributed by atoms with Crippen LogP contribution in [0.15, 0.2) is 60.7 Å². The van der Waals surface area contributed by atoms with Crippen LogP contribution in [0.5, 0.6) is 0 Å². The molecule has 1 nitrogen and oxygen atoms in total. The number of pyridine rings is 1. The minimum atomic E-state index is 1.26. The normalized spacial score (nSPS) is 11.3. The van der Waals surface area contributed by atoms with E-state index in [1.54, 1.807) is 0 Å². The van der Waals surface area contributed by atoms with Gasteiger partial charge in [0, 0.05) is 17.5 Å². The van der Waals surface area contributed by atoms with Crippen molar-refractivity contribution >= 4 is 21.8 Å². The molecule has 24 heavy (non-hydrogen) atoms. The van der Waals surface area contributed by atoms with Crippen LogP contribution in [0.25, 0.3) is 32.9 Å². The monoisotopic (exact) mass is 312 g/mol. The summed E-state index contributed by atoms with van der Waals surface area (Å²) in [6.45, 7) is 6.60. The van der Waals surface area contributed by atoms with Gasteiger partial charge in [0.1, 0.15) is 7.05 Å². The van der Waals surface area contributed by atoms with Crippen LogP contribution in [0, 0.1) is 20.8 Å². The van der Waals surface area contributed by atoms with Gasteiger partial charge in [-0.05, 0) is 55.2 Å². The summed E-state index contributed by atoms with van der Waals surface area (Å²) in [6, 6.07) is 22.1. The lowest BCUT2D eigenvalue weighted by Crippen LogP contribution is -2.30. The number of hydrogen-bond acceptors (Lipinski definition) is 0. The number of fused-ring (bicyclic) bond motifs is 2. The molecule has 0 radical (unpaired) electrons. The van der Waals surface area contributed by atoms with Crippen molar-refractivity contribution < 1.29 is 4.57 Å². The SMILES string of the molecule is Cc1cc(C)c(-c2cccc3c2cc2ccccc2[n+]3C)c(C)c1. The van der Waals surface area contributed by atoms with Gasteiger partial charge in [-0.2, -0.15) is 4.57 Å². The maximum Gasteiger partial charge on any atom is 0.213 e. The lowest BCUT2D eigenvalue weighted by Gasteiger charge is -2.14. The van der Waals surface area contributed by atoms with Gasteiger partial charge in [0.05, 0.1) is 5.39 Å². The molecule has 0 bridgehead atoms. The van der Waals surface area contributed by atoms with Crippen LogP contribution >= 0.6 is 0 Å². The number of aromatic nitrogens is 1. The highest BCUT2D eigenvalue weighted by Gasteiger charge is 2.16. The Morgan fingerprint density at radius 3 is 2.12 bits per heavy atom. The molecular formula is C23H22N+. The van der Waals surface area contributed by atoms with Crippen molar-refractivity contribution in [2.45, 2.75) is 20.8 Å². The molecule has 0 aliphatic heterocycles. The number of rotatable bonds is 1. The molecule has 0 aliphatic carbocycles. The fourth-order valence-corrected chi connectivity index (χ4v) is 4.02. The Morgan fingerprint density at radius 2 is 1.38 bits per heavy atom. The second-order valence-electron chi connectivity index (χ2n) is 6.77. The first kappa shape index (κ1) is 14.9. The Morgan fingerprint density at radius 1 is 0.708 bits per heavy atom. The first-order valence-corrected chi connectivity index (χ1v) is 8.45. The van der Waals surface area contributed by atoms with E-state index in [2.05, 4.69) is 93.0 Å². The molecule has 4 aromatic rings. The average molecular weight is 312 g/mol.